The van der Waals surface area contributed by atoms with Crippen LogP contribution in [-0.2, 0) is 28.2 Å². The van der Waals surface area contributed by atoms with E-state index in [1.807, 2.05) is 265 Å². The Hall–Kier alpha value is -9.64. The van der Waals surface area contributed by atoms with Gasteiger partial charge < -0.3 is 0 Å². The van der Waals surface area contributed by atoms with E-state index in [0.717, 1.165) is 137 Å². The highest BCUT2D eigenvalue weighted by atomic mass is 14.9. The average molecular weight is 1250 g/mol. The Kier molecular flexibility index (Phi) is 16.7. The summed E-state index contributed by atoms with van der Waals surface area (Å²) >= 11 is 0. The van der Waals surface area contributed by atoms with E-state index in [1.54, 1.807) is 18.3 Å². The largest absolute Gasteiger partial charge is 0.212 e. The van der Waals surface area contributed by atoms with Crippen molar-refractivity contribution in [2.45, 2.75) is 120 Å². The highest BCUT2D eigenvalue weighted by Crippen LogP contribution is 2.38. The minimum Gasteiger partial charge on any atom is -0.201 e. The van der Waals surface area contributed by atoms with Crippen LogP contribution in [0.5, 0.6) is 0 Å². The number of hydrogen-bond donors (Lipinski definition) is 0. The van der Waals surface area contributed by atoms with E-state index in [4.69, 9.17) is 17.8 Å². The van der Waals surface area contributed by atoms with Crippen molar-refractivity contribution in [1.82, 2.24) is 0 Å². The molecule has 8 aromatic carbocycles. The third kappa shape index (κ3) is 16.0. The molecule has 4 nitrogen and oxygen atoms in total. The molecule has 0 atom stereocenters. The molecule has 0 aliphatic heterocycles. The van der Waals surface area contributed by atoms with Gasteiger partial charge in [0.15, 0.2) is 24.8 Å². The molecule has 0 unspecified atom stereocenters. The van der Waals surface area contributed by atoms with Gasteiger partial charge in [-0.2, -0.15) is 0 Å². The first-order valence-corrected chi connectivity index (χ1v) is 32.6. The van der Waals surface area contributed by atoms with Gasteiger partial charge >= 0.3 is 0 Å². The minimum absolute atomic E-state index is 0.313. The summed E-state index contributed by atoms with van der Waals surface area (Å²) in [4.78, 5) is 0. The fourth-order valence-electron chi connectivity index (χ4n) is 12.6. The fourth-order valence-corrected chi connectivity index (χ4v) is 12.6. The Morgan fingerprint density at radius 3 is 1.24 bits per heavy atom. The quantitative estimate of drug-likeness (QED) is 0.121. The predicted octanol–water partition coefficient (Wildman–Crippen LogP) is 21.3. The third-order valence-corrected chi connectivity index (χ3v) is 18.0. The molecule has 0 amide bonds. The first-order valence-electron chi connectivity index (χ1n) is 39.6. The van der Waals surface area contributed by atoms with Crippen LogP contribution in [0, 0.1) is 62.0 Å². The van der Waals surface area contributed by atoms with Crippen LogP contribution in [0.15, 0.2) is 249 Å². The van der Waals surface area contributed by atoms with Crippen LogP contribution in [0.3, 0.4) is 0 Å². The van der Waals surface area contributed by atoms with Crippen molar-refractivity contribution < 1.29 is 37.5 Å². The molecule has 1 aliphatic rings. The Labute approximate surface area is 582 Å². The molecule has 0 N–H and O–H groups in total. The monoisotopic (exact) mass is 1250 g/mol. The highest BCUT2D eigenvalue weighted by molar-refractivity contribution is 5.79. The van der Waals surface area contributed by atoms with Crippen LogP contribution in [0.1, 0.15) is 138 Å². The standard InChI is InChI=1S/C26H30N.C23H26N.C21H22N.C20H20N/c1-19-14-15-23(21-10-6-4-7-11-21)16-25(19)26-17-24(20(2)18-27(26)3)22-12-8-5-9-13-22;1-16(2)20-11-12-24(5)23(14-20)22-15-21(17(3)13-18(22)4)19-9-7-6-8-10-19;1-15-10-11-22(4)21(12-15)20-14-19(16(2)13-17(20)3)18-8-6-5-7-9-18;1-15-13-16(2)19(20-11-7-8-12-21(20)3)14-18(15)17-9-5-4-6-10-17/h4,6-7,10-11,14-18,22H,5,8-9,12-13H2,1-3H3;6-16H,1-5H3;5-14H,1-4H3;4-14H,1-3H3/q4*+1/i2D3,22D;3D3,16D;2D3;1D3. The zero-order valence-electron chi connectivity index (χ0n) is 70.5. The molecular formula is C90H98N4+4. The van der Waals surface area contributed by atoms with Gasteiger partial charge in [0.2, 0.25) is 22.8 Å². The Bertz CT molecular complexity index is 5150. The average Bonchev–Trinajstić information content (AvgIpc) is 0.786. The van der Waals surface area contributed by atoms with Gasteiger partial charge in [0.1, 0.15) is 28.2 Å². The van der Waals surface area contributed by atoms with Gasteiger partial charge in [0.25, 0.3) is 0 Å². The molecule has 13 rings (SSSR count). The molecule has 0 spiro atoms. The number of benzene rings is 8. The molecule has 4 aromatic heterocycles. The van der Waals surface area contributed by atoms with Gasteiger partial charge in [-0.15, -0.1) is 0 Å². The predicted molar refractivity (Wildman–Crippen MR) is 397 cm³/mol. The highest BCUT2D eigenvalue weighted by Gasteiger charge is 2.24. The normalized spacial score (nSPS) is 15.2. The maximum absolute atomic E-state index is 9.18. The molecule has 474 valence electrons. The van der Waals surface area contributed by atoms with Crippen molar-refractivity contribution in [2.24, 2.45) is 28.2 Å². The van der Waals surface area contributed by atoms with Crippen LogP contribution in [0.25, 0.3) is 89.5 Å². The Balaban J connectivity index is 0.000000154. The minimum atomic E-state index is -2.24. The topological polar surface area (TPSA) is 15.5 Å². The first kappa shape index (κ1) is 50.9. The lowest BCUT2D eigenvalue weighted by Gasteiger charge is -2.23. The lowest BCUT2D eigenvalue weighted by molar-refractivity contribution is -0.660. The van der Waals surface area contributed by atoms with Crippen LogP contribution in [0.4, 0.5) is 0 Å². The van der Waals surface area contributed by atoms with E-state index < -0.39 is 39.2 Å². The lowest BCUT2D eigenvalue weighted by atomic mass is 9.82. The van der Waals surface area contributed by atoms with E-state index in [1.165, 1.54) is 5.56 Å². The van der Waals surface area contributed by atoms with E-state index in [9.17, 15) is 1.37 Å². The number of aromatic nitrogens is 4. The van der Waals surface area contributed by atoms with Gasteiger partial charge in [-0.3, -0.25) is 0 Å². The zero-order valence-corrected chi connectivity index (χ0v) is 56.5. The molecule has 4 heteroatoms. The van der Waals surface area contributed by atoms with Crippen molar-refractivity contribution in [1.29, 1.82) is 0 Å². The van der Waals surface area contributed by atoms with E-state index in [2.05, 4.69) is 60.9 Å². The molecule has 12 aromatic rings. The second kappa shape index (κ2) is 30.9. The lowest BCUT2D eigenvalue weighted by Crippen LogP contribution is -2.32. The van der Waals surface area contributed by atoms with Gasteiger partial charge in [-0.25, -0.2) is 18.3 Å². The second-order valence-corrected chi connectivity index (χ2v) is 25.2. The fraction of sp³-hybridized carbons (Fsp3) is 0.244. The van der Waals surface area contributed by atoms with Crippen molar-refractivity contribution in [3.05, 3.63) is 310 Å². The van der Waals surface area contributed by atoms with Crippen LogP contribution in [-0.4, -0.2) is 0 Å². The van der Waals surface area contributed by atoms with Crippen LogP contribution >= 0.6 is 0 Å². The van der Waals surface area contributed by atoms with E-state index in [0.29, 0.717) is 40.7 Å². The van der Waals surface area contributed by atoms with Crippen molar-refractivity contribution in [2.75, 3.05) is 0 Å². The number of pyridine rings is 4. The van der Waals surface area contributed by atoms with Crippen molar-refractivity contribution >= 4 is 0 Å². The number of nitrogens with zero attached hydrogens (tertiary/aromatic N) is 4. The Morgan fingerprint density at radius 1 is 0.340 bits per heavy atom. The van der Waals surface area contributed by atoms with Gasteiger partial charge in [-0.1, -0.05) is 185 Å². The van der Waals surface area contributed by atoms with E-state index in [-0.39, 0.29) is 0 Å². The molecule has 0 radical (unpaired) electrons. The summed E-state index contributed by atoms with van der Waals surface area (Å²) in [6.45, 7) is 5.03. The zero-order chi connectivity index (χ0) is 78.4. The van der Waals surface area contributed by atoms with Crippen molar-refractivity contribution in [3.8, 4) is 89.5 Å². The maximum atomic E-state index is 9.18. The summed E-state index contributed by atoms with van der Waals surface area (Å²) < 4.78 is 121. The summed E-state index contributed by atoms with van der Waals surface area (Å²) in [6.07, 6.45) is 12.2. The SMILES string of the molecule is [2H]C([2H])([2H])c1c[n+](C)c(-c2cc(-c3ccccc3)ccc2C)cc1C1([2H])CCCCC1.[2H]C([2H])([2H])c1cc(C)c(-c2cc(C([2H])(C)C)cc[n+]2C)cc1-c1ccccc1.[2H]C([2H])([2H])c1cc(C)c(-c2cc(C)cc[n+]2C)cc1-c1ccccc1.[2H]C([2H])([2H])c1cc(C)c(-c2cccc[n+]2C)cc1-c1ccccc1. The third-order valence-electron chi connectivity index (χ3n) is 18.0. The molecule has 94 heavy (non-hydrogen) atoms. The van der Waals surface area contributed by atoms with E-state index >= 15 is 0 Å². The van der Waals surface area contributed by atoms with Crippen molar-refractivity contribution in [3.63, 3.8) is 0 Å². The molecule has 4 heterocycles. The van der Waals surface area contributed by atoms with Crippen LogP contribution in [0.2, 0.25) is 0 Å². The van der Waals surface area contributed by atoms with Gasteiger partial charge in [-0.05, 0) is 217 Å². The first-order chi connectivity index (χ1) is 50.8. The summed E-state index contributed by atoms with van der Waals surface area (Å²) in [5, 5.41) is 0. The summed E-state index contributed by atoms with van der Waals surface area (Å²) in [6, 6.07) is 73.3. The molecule has 0 bridgehead atoms. The summed E-state index contributed by atoms with van der Waals surface area (Å²) in [5.74, 6) is -1.55. The second-order valence-electron chi connectivity index (χ2n) is 25.2. The maximum Gasteiger partial charge on any atom is 0.212 e. The van der Waals surface area contributed by atoms with Gasteiger partial charge in [0, 0.05) is 89.5 Å². The number of aryl methyl sites for hydroxylation is 13. The molecule has 1 aliphatic carbocycles. The number of hydrogen-bond acceptors (Lipinski definition) is 0. The Morgan fingerprint density at radius 2 is 0.766 bits per heavy atom. The summed E-state index contributed by atoms with van der Waals surface area (Å²) in [5.41, 5.74) is 23.6. The summed E-state index contributed by atoms with van der Waals surface area (Å²) in [7, 11) is 7.87. The van der Waals surface area contributed by atoms with Crippen LogP contribution < -0.4 is 18.3 Å². The molecule has 1 fully saturated rings. The molecular weight excluding hydrogens is 1140 g/mol. The number of rotatable bonds is 10. The smallest absolute Gasteiger partial charge is 0.201 e. The molecule has 1 saturated carbocycles. The van der Waals surface area contributed by atoms with Gasteiger partial charge in [0.05, 0.1) is 0 Å². The molecule has 0 saturated heterocycles.